The largest absolute Gasteiger partial charge is 0.491 e. The van der Waals surface area contributed by atoms with Crippen LogP contribution in [0.2, 0.25) is 0 Å². The van der Waals surface area contributed by atoms with Crippen LogP contribution >= 0.6 is 11.3 Å². The van der Waals surface area contributed by atoms with Crippen molar-refractivity contribution >= 4 is 35.0 Å². The van der Waals surface area contributed by atoms with Crippen LogP contribution in [0.4, 0.5) is 0 Å². The molecule has 4 N–H and O–H groups in total. The number of aliphatic hydroxyl groups is 1. The van der Waals surface area contributed by atoms with Gasteiger partial charge in [-0.2, -0.15) is 0 Å². The van der Waals surface area contributed by atoms with Gasteiger partial charge in [0.25, 0.3) is 0 Å². The molecule has 3 aromatic rings. The third-order valence-electron chi connectivity index (χ3n) is 8.90. The Kier molecular flexibility index (Phi) is 17.7. The van der Waals surface area contributed by atoms with E-state index in [0.29, 0.717) is 52.0 Å². The van der Waals surface area contributed by atoms with Gasteiger partial charge in [0, 0.05) is 25.9 Å². The zero-order valence-corrected chi connectivity index (χ0v) is 33.3. The summed E-state index contributed by atoms with van der Waals surface area (Å²) >= 11 is 1.57. The van der Waals surface area contributed by atoms with E-state index in [9.17, 15) is 24.3 Å². The first-order valence-corrected chi connectivity index (χ1v) is 19.5. The number of likely N-dealkylation sites (tertiary alicyclic amines) is 1. The molecule has 0 radical (unpaired) electrons. The number of carbonyl (C=O) groups is 4. The normalized spacial score (nSPS) is 16.1. The molecule has 4 rings (SSSR count). The molecule has 2 aromatic carbocycles. The number of nitrogens with one attached hydrogen (secondary N) is 2. The molecule has 0 aliphatic carbocycles. The SMILES string of the molecule is Cc1ncsc1-c1ccc(CNC(=O)C2CC(O)CN2C(=O)C(NC(=O)CCOCCOCCOCCOCCOc2ccc(C(=O)O)cc2)C(C)(C)C)cc1. The van der Waals surface area contributed by atoms with Crippen LogP contribution < -0.4 is 15.4 Å². The second-order valence-corrected chi connectivity index (χ2v) is 15.2. The van der Waals surface area contributed by atoms with Crippen molar-refractivity contribution in [3.63, 3.8) is 0 Å². The van der Waals surface area contributed by atoms with Crippen molar-refractivity contribution in [2.45, 2.75) is 65.3 Å². The van der Waals surface area contributed by atoms with Gasteiger partial charge in [-0.15, -0.1) is 11.3 Å². The number of aromatic nitrogens is 1. The highest BCUT2D eigenvalue weighted by atomic mass is 32.1. The zero-order chi connectivity index (χ0) is 40.5. The Hall–Kier alpha value is -4.45. The predicted octanol–water partition coefficient (Wildman–Crippen LogP) is 3.46. The first-order chi connectivity index (χ1) is 26.8. The van der Waals surface area contributed by atoms with Crippen LogP contribution in [0.25, 0.3) is 10.4 Å². The van der Waals surface area contributed by atoms with Crippen molar-refractivity contribution < 1.29 is 53.1 Å². The highest BCUT2D eigenvalue weighted by Crippen LogP contribution is 2.28. The van der Waals surface area contributed by atoms with Gasteiger partial charge in [-0.05, 0) is 47.7 Å². The Morgan fingerprint density at radius 2 is 1.46 bits per heavy atom. The molecule has 306 valence electrons. The van der Waals surface area contributed by atoms with Gasteiger partial charge >= 0.3 is 5.97 Å². The molecule has 56 heavy (non-hydrogen) atoms. The number of carboxylic acids is 1. The fourth-order valence-electron chi connectivity index (χ4n) is 5.85. The van der Waals surface area contributed by atoms with Crippen LogP contribution in [0.5, 0.6) is 5.75 Å². The highest BCUT2D eigenvalue weighted by Gasteiger charge is 2.44. The minimum absolute atomic E-state index is 0.00468. The molecule has 0 bridgehead atoms. The van der Waals surface area contributed by atoms with Crippen LogP contribution in [0.1, 0.15) is 55.2 Å². The number of carbonyl (C=O) groups excluding carboxylic acids is 3. The fraction of sp³-hybridized carbons (Fsp3) is 0.525. The monoisotopic (exact) mass is 798 g/mol. The number of aliphatic hydroxyl groups excluding tert-OH is 1. The van der Waals surface area contributed by atoms with Gasteiger partial charge in [0.15, 0.2) is 0 Å². The van der Waals surface area contributed by atoms with E-state index < -0.39 is 35.5 Å². The van der Waals surface area contributed by atoms with Gasteiger partial charge in [-0.1, -0.05) is 45.0 Å². The van der Waals surface area contributed by atoms with Crippen molar-refractivity contribution in [1.29, 1.82) is 0 Å². The van der Waals surface area contributed by atoms with Crippen LogP contribution in [-0.2, 0) is 39.9 Å². The lowest BCUT2D eigenvalue weighted by molar-refractivity contribution is -0.144. The molecule has 0 saturated carbocycles. The predicted molar refractivity (Wildman–Crippen MR) is 208 cm³/mol. The Balaban J connectivity index is 1.07. The number of nitrogens with zero attached hydrogens (tertiary/aromatic N) is 2. The maximum atomic E-state index is 13.8. The molecule has 1 aliphatic heterocycles. The zero-order valence-electron chi connectivity index (χ0n) is 32.5. The molecular weight excluding hydrogens is 745 g/mol. The van der Waals surface area contributed by atoms with Crippen LogP contribution in [0.15, 0.2) is 54.0 Å². The molecule has 16 heteroatoms. The van der Waals surface area contributed by atoms with E-state index in [2.05, 4.69) is 15.6 Å². The summed E-state index contributed by atoms with van der Waals surface area (Å²) in [5.74, 6) is -1.58. The smallest absolute Gasteiger partial charge is 0.335 e. The summed E-state index contributed by atoms with van der Waals surface area (Å²) in [7, 11) is 0. The number of amides is 3. The number of thiazole rings is 1. The van der Waals surface area contributed by atoms with Crippen LogP contribution in [-0.4, -0.2) is 128 Å². The minimum atomic E-state index is -0.990. The lowest BCUT2D eigenvalue weighted by Crippen LogP contribution is -2.57. The first kappa shape index (κ1) is 44.3. The molecule has 0 spiro atoms. The molecule has 3 unspecified atom stereocenters. The number of ether oxygens (including phenoxy) is 5. The van der Waals surface area contributed by atoms with E-state index >= 15 is 0 Å². The number of hydrogen-bond acceptors (Lipinski definition) is 12. The van der Waals surface area contributed by atoms with Gasteiger partial charge in [-0.3, -0.25) is 14.4 Å². The Morgan fingerprint density at radius 1 is 0.875 bits per heavy atom. The van der Waals surface area contributed by atoms with Gasteiger partial charge in [0.2, 0.25) is 17.7 Å². The summed E-state index contributed by atoms with van der Waals surface area (Å²) in [6.07, 6.45) is -0.727. The second kappa shape index (κ2) is 22.3. The number of aryl methyl sites for hydroxylation is 1. The fourth-order valence-corrected chi connectivity index (χ4v) is 6.66. The second-order valence-electron chi connectivity index (χ2n) is 14.3. The molecular formula is C40H54N4O11S. The Morgan fingerprint density at radius 3 is 2.02 bits per heavy atom. The van der Waals surface area contributed by atoms with Crippen molar-refractivity contribution in [1.82, 2.24) is 20.5 Å². The van der Waals surface area contributed by atoms with Crippen molar-refractivity contribution in [2.24, 2.45) is 5.41 Å². The van der Waals surface area contributed by atoms with E-state index in [4.69, 9.17) is 28.8 Å². The molecule has 2 heterocycles. The van der Waals surface area contributed by atoms with E-state index in [-0.39, 0.29) is 56.5 Å². The third kappa shape index (κ3) is 14.2. The number of β-amino-alcohol motifs (C(OH)–C–C–N with tert-alkyl or cyclic N) is 1. The molecule has 1 saturated heterocycles. The van der Waals surface area contributed by atoms with Gasteiger partial charge < -0.3 is 49.4 Å². The Labute approximate surface area is 331 Å². The first-order valence-electron chi connectivity index (χ1n) is 18.7. The molecule has 1 aromatic heterocycles. The number of carboxylic acid groups (broad SMARTS) is 1. The van der Waals surface area contributed by atoms with Crippen molar-refractivity contribution in [3.8, 4) is 16.2 Å². The van der Waals surface area contributed by atoms with Gasteiger partial charge in [0.05, 0.1) is 80.6 Å². The number of rotatable bonds is 23. The molecule has 1 aliphatic rings. The molecule has 1 fully saturated rings. The summed E-state index contributed by atoms with van der Waals surface area (Å²) < 4.78 is 27.5. The van der Waals surface area contributed by atoms with E-state index in [1.54, 1.807) is 23.5 Å². The molecule has 15 nitrogen and oxygen atoms in total. The minimum Gasteiger partial charge on any atom is -0.491 e. The standard InChI is InChI=1S/C40H54N4O11S/c1-27-35(56-26-42-27)29-7-5-28(6-8-29)24-41-37(47)33-23-31(45)25-44(33)38(48)36(40(2,3)4)43-34(46)13-14-51-15-16-52-17-18-53-19-20-54-21-22-55-32-11-9-30(10-12-32)39(49)50/h5-12,26,31,33,36,45H,13-25H2,1-4H3,(H,41,47)(H,43,46)(H,49,50). The lowest BCUT2D eigenvalue weighted by Gasteiger charge is -2.35. The van der Waals surface area contributed by atoms with Crippen molar-refractivity contribution in [3.05, 3.63) is 70.9 Å². The average molecular weight is 799 g/mol. The molecule has 3 atom stereocenters. The van der Waals surface area contributed by atoms with Crippen LogP contribution in [0.3, 0.4) is 0 Å². The lowest BCUT2D eigenvalue weighted by atomic mass is 9.85. The highest BCUT2D eigenvalue weighted by molar-refractivity contribution is 7.13. The van der Waals surface area contributed by atoms with Crippen LogP contribution in [0, 0.1) is 12.3 Å². The Bertz CT molecular complexity index is 1700. The quantitative estimate of drug-likeness (QED) is 0.102. The van der Waals surface area contributed by atoms with Gasteiger partial charge in [-0.25, -0.2) is 9.78 Å². The van der Waals surface area contributed by atoms with Crippen molar-refractivity contribution in [2.75, 3.05) is 66.0 Å². The molecule has 3 amide bonds. The maximum Gasteiger partial charge on any atom is 0.335 e. The summed E-state index contributed by atoms with van der Waals surface area (Å²) in [5.41, 5.74) is 4.24. The summed E-state index contributed by atoms with van der Waals surface area (Å²) in [6.45, 7) is 10.6. The number of benzene rings is 2. The van der Waals surface area contributed by atoms with E-state index in [1.165, 1.54) is 17.0 Å². The summed E-state index contributed by atoms with van der Waals surface area (Å²) in [6, 6.07) is 12.2. The van der Waals surface area contributed by atoms with E-state index in [1.807, 2.05) is 57.5 Å². The average Bonchev–Trinajstić information content (AvgIpc) is 3.79. The summed E-state index contributed by atoms with van der Waals surface area (Å²) in [5, 5.41) is 25.2. The number of hydrogen-bond donors (Lipinski definition) is 4. The maximum absolute atomic E-state index is 13.8. The number of aromatic carboxylic acids is 1. The topological polar surface area (TPSA) is 195 Å². The van der Waals surface area contributed by atoms with E-state index in [0.717, 1.165) is 21.7 Å². The third-order valence-corrected chi connectivity index (χ3v) is 9.88. The van der Waals surface area contributed by atoms with Gasteiger partial charge in [0.1, 0.15) is 24.4 Å². The summed E-state index contributed by atoms with van der Waals surface area (Å²) in [4.78, 5) is 57.7.